The van der Waals surface area contributed by atoms with E-state index < -0.39 is 0 Å². The second-order valence-corrected chi connectivity index (χ2v) is 10.2. The number of para-hydroxylation sites is 1. The number of piperidine rings is 1. The van der Waals surface area contributed by atoms with E-state index in [1.807, 2.05) is 59.3 Å². The lowest BCUT2D eigenvalue weighted by atomic mass is 9.98. The molecule has 1 saturated heterocycles. The van der Waals surface area contributed by atoms with Crippen LogP contribution in [0.25, 0.3) is 50.2 Å². The van der Waals surface area contributed by atoms with Crippen LogP contribution in [0.2, 0.25) is 0 Å². The van der Waals surface area contributed by atoms with Gasteiger partial charge in [-0.3, -0.25) is 10.00 Å². The van der Waals surface area contributed by atoms with Gasteiger partial charge in [-0.15, -0.1) is 10.2 Å². The van der Waals surface area contributed by atoms with Crippen molar-refractivity contribution in [2.75, 3.05) is 13.1 Å². The van der Waals surface area contributed by atoms with Gasteiger partial charge in [0.15, 0.2) is 0 Å². The van der Waals surface area contributed by atoms with Crippen LogP contribution in [0.4, 0.5) is 0 Å². The minimum absolute atomic E-state index is 0.194. The van der Waals surface area contributed by atoms with Gasteiger partial charge in [0.1, 0.15) is 22.7 Å². The largest absolute Gasteiger partial charge is 0.460 e. The maximum atomic E-state index is 6.26. The van der Waals surface area contributed by atoms with E-state index >= 15 is 0 Å². The number of nitrogens with one attached hydrogen (secondary N) is 1. The first kappa shape index (κ1) is 22.2. The number of benzene rings is 2. The van der Waals surface area contributed by atoms with Gasteiger partial charge in [0.05, 0.1) is 18.0 Å². The predicted octanol–water partition coefficient (Wildman–Crippen LogP) is 6.05. The van der Waals surface area contributed by atoms with Gasteiger partial charge < -0.3 is 13.2 Å². The van der Waals surface area contributed by atoms with Crippen LogP contribution in [-0.2, 0) is 6.54 Å². The highest BCUT2D eigenvalue weighted by Gasteiger charge is 2.27. The summed E-state index contributed by atoms with van der Waals surface area (Å²) in [4.78, 5) is 6.75. The zero-order valence-electron chi connectivity index (χ0n) is 21.1. The number of nitrogens with zero attached hydrogens (tertiary/aromatic N) is 6. The summed E-state index contributed by atoms with van der Waals surface area (Å²) in [5, 5.41) is 18.8. The number of fused-ring (bicyclic) bond motifs is 3. The number of aromatic nitrogens is 6. The Morgan fingerprint density at radius 2 is 1.92 bits per heavy atom. The molecule has 0 bridgehead atoms. The standard InChI is InChI=1S/C30H25N7O2/c1-2-6-26-19(4-1)14-23(38-26)18-36-12-3-5-22(16-36)30-35-34-29(39-30)20-7-9-25-24(15-20)28(33-32-25)21-8-10-27-31-11-13-37(27)17-21/h1-2,4,6-11,13-15,17,22H,3,5,12,16,18H2,(H,32,33)/t22-/m1/s1. The van der Waals surface area contributed by atoms with Crippen molar-refractivity contribution >= 4 is 27.5 Å². The average Bonchev–Trinajstić information content (AvgIpc) is 3.77. The molecule has 9 nitrogen and oxygen atoms in total. The van der Waals surface area contributed by atoms with E-state index in [2.05, 4.69) is 48.5 Å². The van der Waals surface area contributed by atoms with Crippen molar-refractivity contribution < 1.29 is 8.83 Å². The molecule has 0 spiro atoms. The van der Waals surface area contributed by atoms with Gasteiger partial charge in [-0.2, -0.15) is 5.10 Å². The lowest BCUT2D eigenvalue weighted by Gasteiger charge is -2.30. The van der Waals surface area contributed by atoms with E-state index in [1.165, 1.54) is 0 Å². The fraction of sp³-hybridized carbons (Fsp3) is 0.200. The van der Waals surface area contributed by atoms with Gasteiger partial charge in [0.2, 0.25) is 11.8 Å². The molecule has 192 valence electrons. The molecule has 1 aliphatic heterocycles. The van der Waals surface area contributed by atoms with Crippen molar-refractivity contribution in [1.82, 2.24) is 34.7 Å². The Morgan fingerprint density at radius 3 is 2.90 bits per heavy atom. The topological polar surface area (TPSA) is 101 Å². The first-order valence-electron chi connectivity index (χ1n) is 13.2. The molecule has 7 aromatic rings. The molecule has 2 aromatic carbocycles. The predicted molar refractivity (Wildman–Crippen MR) is 147 cm³/mol. The highest BCUT2D eigenvalue weighted by Crippen LogP contribution is 2.33. The van der Waals surface area contributed by atoms with Crippen molar-refractivity contribution in [3.05, 3.63) is 90.9 Å². The van der Waals surface area contributed by atoms with Crippen LogP contribution in [-0.4, -0.2) is 47.8 Å². The zero-order chi connectivity index (χ0) is 25.8. The Bertz CT molecular complexity index is 1910. The molecule has 8 rings (SSSR count). The minimum Gasteiger partial charge on any atom is -0.460 e. The van der Waals surface area contributed by atoms with Crippen molar-refractivity contribution in [3.63, 3.8) is 0 Å². The summed E-state index contributed by atoms with van der Waals surface area (Å²) in [7, 11) is 0. The zero-order valence-corrected chi connectivity index (χ0v) is 21.1. The van der Waals surface area contributed by atoms with Gasteiger partial charge in [0.25, 0.3) is 0 Å². The van der Waals surface area contributed by atoms with Crippen LogP contribution >= 0.6 is 0 Å². The smallest absolute Gasteiger partial charge is 0.247 e. The second kappa shape index (κ2) is 8.92. The summed E-state index contributed by atoms with van der Waals surface area (Å²) in [5.74, 6) is 2.40. The van der Waals surface area contributed by atoms with Gasteiger partial charge in [-0.05, 0) is 61.9 Å². The Hall–Kier alpha value is -4.76. The molecule has 0 aliphatic carbocycles. The van der Waals surface area contributed by atoms with Crippen LogP contribution < -0.4 is 0 Å². The molecule has 9 heteroatoms. The maximum absolute atomic E-state index is 6.26. The number of likely N-dealkylation sites (tertiary alicyclic amines) is 1. The highest BCUT2D eigenvalue weighted by molar-refractivity contribution is 5.95. The van der Waals surface area contributed by atoms with E-state index in [0.717, 1.165) is 82.6 Å². The van der Waals surface area contributed by atoms with Crippen molar-refractivity contribution in [3.8, 4) is 22.7 Å². The monoisotopic (exact) mass is 515 g/mol. The third kappa shape index (κ3) is 3.98. The van der Waals surface area contributed by atoms with Crippen molar-refractivity contribution in [2.45, 2.75) is 25.3 Å². The molecule has 0 radical (unpaired) electrons. The number of aromatic amines is 1. The Morgan fingerprint density at radius 1 is 0.974 bits per heavy atom. The number of hydrogen-bond acceptors (Lipinski definition) is 7. The van der Waals surface area contributed by atoms with Crippen LogP contribution in [0.15, 0.2) is 88.1 Å². The molecule has 1 aliphatic rings. The van der Waals surface area contributed by atoms with E-state index in [0.29, 0.717) is 11.8 Å². The van der Waals surface area contributed by atoms with Crippen molar-refractivity contribution in [1.29, 1.82) is 0 Å². The Labute approximate surface area is 223 Å². The summed E-state index contributed by atoms with van der Waals surface area (Å²) < 4.78 is 14.3. The number of hydrogen-bond donors (Lipinski definition) is 1. The molecule has 6 heterocycles. The molecule has 0 amide bonds. The third-order valence-electron chi connectivity index (χ3n) is 7.62. The Balaban J connectivity index is 1.04. The van der Waals surface area contributed by atoms with Crippen LogP contribution in [0.5, 0.6) is 0 Å². The van der Waals surface area contributed by atoms with Crippen LogP contribution in [0.1, 0.15) is 30.4 Å². The molecule has 39 heavy (non-hydrogen) atoms. The van der Waals surface area contributed by atoms with Crippen LogP contribution in [0.3, 0.4) is 0 Å². The normalized spacial score (nSPS) is 16.6. The van der Waals surface area contributed by atoms with E-state index in [4.69, 9.17) is 8.83 Å². The summed E-state index contributed by atoms with van der Waals surface area (Å²) >= 11 is 0. The maximum Gasteiger partial charge on any atom is 0.247 e. The summed E-state index contributed by atoms with van der Waals surface area (Å²) in [6, 6.07) is 20.4. The number of H-pyrrole nitrogens is 1. The van der Waals surface area contributed by atoms with E-state index in [1.54, 1.807) is 6.20 Å². The molecular weight excluding hydrogens is 490 g/mol. The number of imidazole rings is 1. The quantitative estimate of drug-likeness (QED) is 0.298. The van der Waals surface area contributed by atoms with Crippen molar-refractivity contribution in [2.24, 2.45) is 0 Å². The molecule has 1 atom stereocenters. The summed E-state index contributed by atoms with van der Waals surface area (Å²) in [5.41, 5.74) is 5.53. The molecular formula is C30H25N7O2. The minimum atomic E-state index is 0.194. The van der Waals surface area contributed by atoms with Gasteiger partial charge in [-0.25, -0.2) is 4.98 Å². The fourth-order valence-electron chi connectivity index (χ4n) is 5.68. The molecule has 0 saturated carbocycles. The lowest BCUT2D eigenvalue weighted by molar-refractivity contribution is 0.176. The second-order valence-electron chi connectivity index (χ2n) is 10.2. The molecule has 5 aromatic heterocycles. The van der Waals surface area contributed by atoms with Gasteiger partial charge in [-0.1, -0.05) is 18.2 Å². The number of pyridine rings is 1. The van der Waals surface area contributed by atoms with E-state index in [9.17, 15) is 0 Å². The first-order valence-corrected chi connectivity index (χ1v) is 13.2. The lowest BCUT2D eigenvalue weighted by Crippen LogP contribution is -2.33. The first-order chi connectivity index (χ1) is 19.3. The molecule has 1 N–H and O–H groups in total. The fourth-order valence-corrected chi connectivity index (χ4v) is 5.68. The number of furan rings is 1. The van der Waals surface area contributed by atoms with E-state index in [-0.39, 0.29) is 5.92 Å². The van der Waals surface area contributed by atoms with Gasteiger partial charge in [0, 0.05) is 47.0 Å². The number of rotatable bonds is 5. The van der Waals surface area contributed by atoms with Gasteiger partial charge >= 0.3 is 0 Å². The summed E-state index contributed by atoms with van der Waals surface area (Å²) in [6.07, 6.45) is 7.86. The molecule has 1 fully saturated rings. The third-order valence-corrected chi connectivity index (χ3v) is 7.62. The Kier molecular flexibility index (Phi) is 5.09. The van der Waals surface area contributed by atoms with Crippen LogP contribution in [0, 0.1) is 0 Å². The highest BCUT2D eigenvalue weighted by atomic mass is 16.4. The average molecular weight is 516 g/mol. The summed E-state index contributed by atoms with van der Waals surface area (Å²) in [6.45, 7) is 2.66. The SMILES string of the molecule is c1ccc2oc(CN3CCC[C@@H](c4nnc(-c5ccc6[nH]nc(-c7ccc8nccn8c7)c6c5)o4)C3)cc2c1. The molecule has 0 unspecified atom stereocenters.